The standard InChI is InChI=1S/C18H12ClF3N2O6/c19-11-2-3-14(28-8-18(20,21)22)12(6-11)23-17(25)4-1-10-5-15-16(30-9-29-15)7-13(10)24(26)27/h1-7H,8-9H2,(H,23,25)/b4-1+. The minimum atomic E-state index is -4.57. The predicted octanol–water partition coefficient (Wildman–Crippen LogP) is 4.57. The Balaban J connectivity index is 1.79. The van der Waals surface area contributed by atoms with Gasteiger partial charge in [-0.3, -0.25) is 14.9 Å². The molecule has 0 saturated heterocycles. The summed E-state index contributed by atoms with van der Waals surface area (Å²) < 4.78 is 52.1. The Morgan fingerprint density at radius 1 is 1.27 bits per heavy atom. The monoisotopic (exact) mass is 444 g/mol. The fraction of sp³-hybridized carbons (Fsp3) is 0.167. The van der Waals surface area contributed by atoms with E-state index >= 15 is 0 Å². The van der Waals surface area contributed by atoms with Gasteiger partial charge < -0.3 is 19.5 Å². The highest BCUT2D eigenvalue weighted by Gasteiger charge is 2.29. The minimum absolute atomic E-state index is 0.0686. The first-order valence-corrected chi connectivity index (χ1v) is 8.56. The molecular weight excluding hydrogens is 433 g/mol. The smallest absolute Gasteiger partial charge is 0.422 e. The Bertz CT molecular complexity index is 1030. The van der Waals surface area contributed by atoms with E-state index in [-0.39, 0.29) is 46.0 Å². The van der Waals surface area contributed by atoms with Crippen LogP contribution in [-0.2, 0) is 4.79 Å². The molecule has 1 aliphatic heterocycles. The van der Waals surface area contributed by atoms with Crippen molar-refractivity contribution in [2.45, 2.75) is 6.18 Å². The zero-order valence-electron chi connectivity index (χ0n) is 14.9. The van der Waals surface area contributed by atoms with Gasteiger partial charge in [-0.05, 0) is 30.3 Å². The van der Waals surface area contributed by atoms with Gasteiger partial charge in [0, 0.05) is 11.1 Å². The normalized spacial score (nSPS) is 12.8. The van der Waals surface area contributed by atoms with Gasteiger partial charge in [0.15, 0.2) is 18.1 Å². The van der Waals surface area contributed by atoms with Crippen LogP contribution in [0, 0.1) is 10.1 Å². The molecule has 2 aromatic rings. The zero-order valence-corrected chi connectivity index (χ0v) is 15.6. The SMILES string of the molecule is O=C(/C=C/c1cc2c(cc1[N+](=O)[O-])OCO2)Nc1cc(Cl)ccc1OCC(F)(F)F. The second-order valence-corrected chi connectivity index (χ2v) is 6.32. The maximum Gasteiger partial charge on any atom is 0.422 e. The number of alkyl halides is 3. The molecule has 3 rings (SSSR count). The van der Waals surface area contributed by atoms with Gasteiger partial charge in [0.25, 0.3) is 5.69 Å². The van der Waals surface area contributed by atoms with E-state index in [4.69, 9.17) is 21.1 Å². The predicted molar refractivity (Wildman–Crippen MR) is 99.9 cm³/mol. The van der Waals surface area contributed by atoms with Crippen LogP contribution >= 0.6 is 11.6 Å². The number of nitrogens with one attached hydrogen (secondary N) is 1. The molecule has 0 radical (unpaired) electrons. The van der Waals surface area contributed by atoms with Crippen molar-refractivity contribution in [3.8, 4) is 17.2 Å². The van der Waals surface area contributed by atoms with Gasteiger partial charge >= 0.3 is 6.18 Å². The van der Waals surface area contributed by atoms with Crippen molar-refractivity contribution in [3.05, 3.63) is 57.1 Å². The van der Waals surface area contributed by atoms with Crippen LogP contribution in [0.2, 0.25) is 5.02 Å². The van der Waals surface area contributed by atoms with Crippen LogP contribution in [0.15, 0.2) is 36.4 Å². The number of nitrogens with zero attached hydrogens (tertiary/aromatic N) is 1. The van der Waals surface area contributed by atoms with E-state index in [2.05, 4.69) is 10.1 Å². The number of amides is 1. The summed E-state index contributed by atoms with van der Waals surface area (Å²) >= 11 is 5.83. The van der Waals surface area contributed by atoms with Crippen LogP contribution in [0.3, 0.4) is 0 Å². The number of carbonyl (C=O) groups excluding carboxylic acids is 1. The minimum Gasteiger partial charge on any atom is -0.482 e. The van der Waals surface area contributed by atoms with E-state index < -0.39 is 23.6 Å². The Kier molecular flexibility index (Phi) is 6.01. The average Bonchev–Trinajstić information content (AvgIpc) is 3.11. The largest absolute Gasteiger partial charge is 0.482 e. The lowest BCUT2D eigenvalue weighted by atomic mass is 10.1. The molecule has 158 valence electrons. The number of ether oxygens (including phenoxy) is 3. The zero-order chi connectivity index (χ0) is 21.9. The third-order valence-electron chi connectivity index (χ3n) is 3.72. The van der Waals surface area contributed by atoms with Crippen LogP contribution in [-0.4, -0.2) is 30.4 Å². The fourth-order valence-corrected chi connectivity index (χ4v) is 2.64. The van der Waals surface area contributed by atoms with E-state index in [0.717, 1.165) is 12.2 Å². The molecule has 1 N–H and O–H groups in total. The highest BCUT2D eigenvalue weighted by molar-refractivity contribution is 6.31. The maximum atomic E-state index is 12.4. The Labute approximate surface area is 171 Å². The highest BCUT2D eigenvalue weighted by atomic mass is 35.5. The molecule has 30 heavy (non-hydrogen) atoms. The van der Waals surface area contributed by atoms with E-state index in [9.17, 15) is 28.1 Å². The Hall–Kier alpha value is -3.47. The summed E-state index contributed by atoms with van der Waals surface area (Å²) in [6.07, 6.45) is -2.44. The second kappa shape index (κ2) is 8.49. The molecule has 0 aliphatic carbocycles. The molecule has 8 nitrogen and oxygen atoms in total. The molecule has 0 saturated carbocycles. The highest BCUT2D eigenvalue weighted by Crippen LogP contribution is 2.38. The quantitative estimate of drug-likeness (QED) is 0.398. The Morgan fingerprint density at radius 3 is 2.63 bits per heavy atom. The summed E-state index contributed by atoms with van der Waals surface area (Å²) in [4.78, 5) is 22.8. The number of nitro benzene ring substituents is 1. The van der Waals surface area contributed by atoms with Crippen molar-refractivity contribution in [1.82, 2.24) is 0 Å². The molecule has 0 fully saturated rings. The molecule has 1 heterocycles. The van der Waals surface area contributed by atoms with Gasteiger partial charge in [-0.1, -0.05) is 11.6 Å². The van der Waals surface area contributed by atoms with Gasteiger partial charge in [0.2, 0.25) is 12.7 Å². The Morgan fingerprint density at radius 2 is 1.97 bits per heavy atom. The number of hydrogen-bond donors (Lipinski definition) is 1. The van der Waals surface area contributed by atoms with Crippen molar-refractivity contribution in [1.29, 1.82) is 0 Å². The van der Waals surface area contributed by atoms with Crippen LogP contribution in [0.4, 0.5) is 24.5 Å². The van der Waals surface area contributed by atoms with E-state index in [1.807, 2.05) is 0 Å². The average molecular weight is 445 g/mol. The first-order chi connectivity index (χ1) is 14.1. The van der Waals surface area contributed by atoms with Gasteiger partial charge in [0.1, 0.15) is 5.75 Å². The van der Waals surface area contributed by atoms with Gasteiger partial charge in [-0.2, -0.15) is 13.2 Å². The lowest BCUT2D eigenvalue weighted by Gasteiger charge is -2.13. The second-order valence-electron chi connectivity index (χ2n) is 5.89. The molecule has 1 amide bonds. The van der Waals surface area contributed by atoms with Crippen molar-refractivity contribution in [2.24, 2.45) is 0 Å². The fourth-order valence-electron chi connectivity index (χ4n) is 2.46. The van der Waals surface area contributed by atoms with Crippen LogP contribution in [0.25, 0.3) is 6.08 Å². The van der Waals surface area contributed by atoms with E-state index in [1.54, 1.807) is 0 Å². The number of anilines is 1. The molecule has 0 spiro atoms. The van der Waals surface area contributed by atoms with Crippen molar-refractivity contribution in [2.75, 3.05) is 18.7 Å². The summed E-state index contributed by atoms with van der Waals surface area (Å²) in [6, 6.07) is 6.19. The summed E-state index contributed by atoms with van der Waals surface area (Å²) in [5.41, 5.74) is -0.346. The molecule has 1 aliphatic rings. The van der Waals surface area contributed by atoms with Crippen molar-refractivity contribution >= 4 is 35.0 Å². The van der Waals surface area contributed by atoms with Crippen LogP contribution in [0.5, 0.6) is 17.2 Å². The number of benzene rings is 2. The summed E-state index contributed by atoms with van der Waals surface area (Å²) in [5.74, 6) is -0.541. The maximum absolute atomic E-state index is 12.4. The number of fused-ring (bicyclic) bond motifs is 1. The summed E-state index contributed by atoms with van der Waals surface area (Å²) in [6.45, 7) is -1.65. The molecule has 12 heteroatoms. The van der Waals surface area contributed by atoms with Crippen molar-refractivity contribution in [3.63, 3.8) is 0 Å². The first-order valence-electron chi connectivity index (χ1n) is 8.18. The molecule has 2 aromatic carbocycles. The molecule has 0 unspecified atom stereocenters. The number of halogens is 4. The third kappa shape index (κ3) is 5.32. The molecule has 0 aromatic heterocycles. The molecular formula is C18H12ClF3N2O6. The summed E-state index contributed by atoms with van der Waals surface area (Å²) in [5, 5.41) is 13.7. The third-order valence-corrected chi connectivity index (χ3v) is 3.96. The van der Waals surface area contributed by atoms with Gasteiger partial charge in [-0.25, -0.2) is 0 Å². The number of rotatable bonds is 6. The number of nitro groups is 1. The van der Waals surface area contributed by atoms with Crippen molar-refractivity contribution < 1.29 is 37.1 Å². The van der Waals surface area contributed by atoms with E-state index in [1.165, 1.54) is 30.3 Å². The van der Waals surface area contributed by atoms with Gasteiger partial charge in [0.05, 0.1) is 22.2 Å². The number of carbonyl (C=O) groups is 1. The lowest BCUT2D eigenvalue weighted by Crippen LogP contribution is -2.20. The first kappa shape index (κ1) is 21.2. The summed E-state index contributed by atoms with van der Waals surface area (Å²) in [7, 11) is 0. The van der Waals surface area contributed by atoms with Gasteiger partial charge in [-0.15, -0.1) is 0 Å². The molecule has 0 bridgehead atoms. The van der Waals surface area contributed by atoms with E-state index in [0.29, 0.717) is 0 Å². The molecule has 0 atom stereocenters. The van der Waals surface area contributed by atoms with Crippen LogP contribution < -0.4 is 19.5 Å². The number of hydrogen-bond acceptors (Lipinski definition) is 6. The topological polar surface area (TPSA) is 99.9 Å². The van der Waals surface area contributed by atoms with Crippen LogP contribution in [0.1, 0.15) is 5.56 Å². The lowest BCUT2D eigenvalue weighted by molar-refractivity contribution is -0.385.